The summed E-state index contributed by atoms with van der Waals surface area (Å²) in [5.41, 5.74) is 1.31. The van der Waals surface area contributed by atoms with Gasteiger partial charge >= 0.3 is 0 Å². The Morgan fingerprint density at radius 3 is 2.50 bits per heavy atom. The fourth-order valence-electron chi connectivity index (χ4n) is 2.02. The van der Waals surface area contributed by atoms with E-state index in [0.29, 0.717) is 12.3 Å². The van der Waals surface area contributed by atoms with Crippen molar-refractivity contribution in [1.29, 1.82) is 0 Å². The highest BCUT2D eigenvalue weighted by atomic mass is 19.1. The number of halogens is 2. The zero-order chi connectivity index (χ0) is 14.7. The summed E-state index contributed by atoms with van der Waals surface area (Å²) >= 11 is 0. The largest absolute Gasteiger partial charge is 0.387 e. The Balaban J connectivity index is 1.98. The second-order valence-corrected chi connectivity index (χ2v) is 4.58. The van der Waals surface area contributed by atoms with E-state index in [1.807, 2.05) is 0 Å². The molecule has 1 aromatic heterocycles. The van der Waals surface area contributed by atoms with Gasteiger partial charge in [-0.25, -0.2) is 8.78 Å². The summed E-state index contributed by atoms with van der Waals surface area (Å²) in [5.74, 6) is -0.824. The third-order valence-electron chi connectivity index (χ3n) is 3.15. The molecule has 0 saturated heterocycles. The molecule has 0 aliphatic carbocycles. The van der Waals surface area contributed by atoms with Crippen molar-refractivity contribution in [1.82, 2.24) is 10.5 Å². The molecule has 0 aliphatic heterocycles. The minimum atomic E-state index is -1.25. The highest BCUT2D eigenvalue weighted by Crippen LogP contribution is 2.20. The number of hydrogen-bond acceptors (Lipinski definition) is 4. The van der Waals surface area contributed by atoms with Crippen molar-refractivity contribution in [2.45, 2.75) is 26.5 Å². The van der Waals surface area contributed by atoms with Crippen molar-refractivity contribution in [3.8, 4) is 0 Å². The number of hydrogen-bond donors (Lipinski definition) is 2. The van der Waals surface area contributed by atoms with Gasteiger partial charge < -0.3 is 14.9 Å². The van der Waals surface area contributed by atoms with Gasteiger partial charge in [-0.2, -0.15) is 0 Å². The monoisotopic (exact) mass is 282 g/mol. The number of aliphatic hydroxyl groups is 1. The Hall–Kier alpha value is -1.79. The number of aryl methyl sites for hydroxylation is 2. The van der Waals surface area contributed by atoms with E-state index in [9.17, 15) is 13.9 Å². The SMILES string of the molecule is Cc1noc(C)c1CNCC(O)c1c(F)cccc1F. The van der Waals surface area contributed by atoms with Gasteiger partial charge in [0.2, 0.25) is 0 Å². The van der Waals surface area contributed by atoms with Gasteiger partial charge in [0.15, 0.2) is 0 Å². The molecular weight excluding hydrogens is 266 g/mol. The Morgan fingerprint density at radius 1 is 1.30 bits per heavy atom. The van der Waals surface area contributed by atoms with Crippen LogP contribution in [0.1, 0.15) is 28.7 Å². The molecule has 0 radical (unpaired) electrons. The fraction of sp³-hybridized carbons (Fsp3) is 0.357. The maximum absolute atomic E-state index is 13.5. The lowest BCUT2D eigenvalue weighted by molar-refractivity contribution is 0.164. The number of benzene rings is 1. The summed E-state index contributed by atoms with van der Waals surface area (Å²) in [4.78, 5) is 0. The summed E-state index contributed by atoms with van der Waals surface area (Å²) in [5, 5.41) is 16.6. The van der Waals surface area contributed by atoms with Crippen molar-refractivity contribution < 1.29 is 18.4 Å². The van der Waals surface area contributed by atoms with Crippen LogP contribution in [-0.4, -0.2) is 16.8 Å². The Morgan fingerprint density at radius 2 is 1.95 bits per heavy atom. The lowest BCUT2D eigenvalue weighted by atomic mass is 10.1. The smallest absolute Gasteiger partial charge is 0.138 e. The highest BCUT2D eigenvalue weighted by Gasteiger charge is 2.17. The maximum atomic E-state index is 13.5. The van der Waals surface area contributed by atoms with Crippen LogP contribution in [0.2, 0.25) is 0 Å². The summed E-state index contributed by atoms with van der Waals surface area (Å²) in [6, 6.07) is 3.50. The average molecular weight is 282 g/mol. The molecule has 2 rings (SSSR count). The van der Waals surface area contributed by atoms with Gasteiger partial charge in [-0.1, -0.05) is 11.2 Å². The van der Waals surface area contributed by atoms with Crippen LogP contribution in [0.5, 0.6) is 0 Å². The fourth-order valence-corrected chi connectivity index (χ4v) is 2.02. The molecule has 2 N–H and O–H groups in total. The predicted molar refractivity (Wildman–Crippen MR) is 69.0 cm³/mol. The second-order valence-electron chi connectivity index (χ2n) is 4.58. The zero-order valence-electron chi connectivity index (χ0n) is 11.3. The summed E-state index contributed by atoms with van der Waals surface area (Å²) in [6.45, 7) is 4.03. The van der Waals surface area contributed by atoms with Crippen LogP contribution in [0.3, 0.4) is 0 Å². The van der Waals surface area contributed by atoms with Crippen LogP contribution in [0.4, 0.5) is 8.78 Å². The number of nitrogens with zero attached hydrogens (tertiary/aromatic N) is 1. The molecule has 0 amide bonds. The molecule has 4 nitrogen and oxygen atoms in total. The standard InChI is InChI=1S/C14H16F2N2O2/c1-8-10(9(2)20-18-8)6-17-7-13(19)14-11(15)4-3-5-12(14)16/h3-5,13,17,19H,6-7H2,1-2H3. The number of nitrogens with one attached hydrogen (secondary N) is 1. The normalized spacial score (nSPS) is 12.7. The van der Waals surface area contributed by atoms with Gasteiger partial charge in [0.1, 0.15) is 17.4 Å². The van der Waals surface area contributed by atoms with Crippen molar-refractivity contribution in [3.05, 3.63) is 52.4 Å². The molecule has 0 fully saturated rings. The van der Waals surface area contributed by atoms with Crippen molar-refractivity contribution in [2.24, 2.45) is 0 Å². The Labute approximate surface area is 115 Å². The molecule has 108 valence electrons. The molecule has 1 unspecified atom stereocenters. The lowest BCUT2D eigenvalue weighted by Gasteiger charge is -2.13. The van der Waals surface area contributed by atoms with Crippen molar-refractivity contribution in [3.63, 3.8) is 0 Å². The minimum absolute atomic E-state index is 0.0297. The molecule has 0 bridgehead atoms. The summed E-state index contributed by atoms with van der Waals surface area (Å²) in [7, 11) is 0. The van der Waals surface area contributed by atoms with Gasteiger partial charge in [-0.15, -0.1) is 0 Å². The predicted octanol–water partition coefficient (Wildman–Crippen LogP) is 2.39. The van der Waals surface area contributed by atoms with Gasteiger partial charge in [0.05, 0.1) is 17.4 Å². The molecule has 1 atom stereocenters. The molecule has 1 heterocycles. The first-order valence-electron chi connectivity index (χ1n) is 6.25. The van der Waals surface area contributed by atoms with Gasteiger partial charge in [-0.05, 0) is 26.0 Å². The molecule has 0 saturated carbocycles. The molecule has 20 heavy (non-hydrogen) atoms. The Kier molecular flexibility index (Phi) is 4.46. The van der Waals surface area contributed by atoms with E-state index in [4.69, 9.17) is 4.52 Å². The second kappa shape index (κ2) is 6.11. The summed E-state index contributed by atoms with van der Waals surface area (Å²) < 4.78 is 32.0. The van der Waals surface area contributed by atoms with E-state index in [1.165, 1.54) is 6.07 Å². The maximum Gasteiger partial charge on any atom is 0.138 e. The van der Waals surface area contributed by atoms with Gasteiger partial charge in [0.25, 0.3) is 0 Å². The van der Waals surface area contributed by atoms with E-state index in [2.05, 4.69) is 10.5 Å². The zero-order valence-corrected chi connectivity index (χ0v) is 11.3. The first-order valence-corrected chi connectivity index (χ1v) is 6.25. The molecular formula is C14H16F2N2O2. The lowest BCUT2D eigenvalue weighted by Crippen LogP contribution is -2.23. The van der Waals surface area contributed by atoms with E-state index in [0.717, 1.165) is 23.4 Å². The summed E-state index contributed by atoms with van der Waals surface area (Å²) in [6.07, 6.45) is -1.25. The first-order chi connectivity index (χ1) is 9.50. The molecule has 1 aromatic carbocycles. The average Bonchev–Trinajstić information content (AvgIpc) is 2.70. The van der Waals surface area contributed by atoms with E-state index < -0.39 is 17.7 Å². The van der Waals surface area contributed by atoms with Crippen LogP contribution >= 0.6 is 0 Å². The highest BCUT2D eigenvalue weighted by molar-refractivity contribution is 5.23. The third-order valence-corrected chi connectivity index (χ3v) is 3.15. The first kappa shape index (κ1) is 14.6. The minimum Gasteiger partial charge on any atom is -0.387 e. The van der Waals surface area contributed by atoms with Crippen LogP contribution < -0.4 is 5.32 Å². The molecule has 6 heteroatoms. The van der Waals surface area contributed by atoms with Crippen molar-refractivity contribution in [2.75, 3.05) is 6.54 Å². The molecule has 2 aromatic rings. The third kappa shape index (κ3) is 3.02. The van der Waals surface area contributed by atoms with Crippen LogP contribution in [0.15, 0.2) is 22.7 Å². The van der Waals surface area contributed by atoms with E-state index >= 15 is 0 Å². The quantitative estimate of drug-likeness (QED) is 0.884. The van der Waals surface area contributed by atoms with Crippen LogP contribution in [0.25, 0.3) is 0 Å². The Bertz CT molecular complexity index is 559. The van der Waals surface area contributed by atoms with Crippen LogP contribution in [0, 0.1) is 25.5 Å². The van der Waals surface area contributed by atoms with Gasteiger partial charge in [-0.3, -0.25) is 0 Å². The number of rotatable bonds is 5. The molecule has 0 aliphatic rings. The van der Waals surface area contributed by atoms with E-state index in [1.54, 1.807) is 13.8 Å². The number of aromatic nitrogens is 1. The topological polar surface area (TPSA) is 58.3 Å². The molecule has 0 spiro atoms. The van der Waals surface area contributed by atoms with Crippen molar-refractivity contribution >= 4 is 0 Å². The van der Waals surface area contributed by atoms with Gasteiger partial charge in [0, 0.05) is 18.7 Å². The number of aliphatic hydroxyl groups excluding tert-OH is 1. The van der Waals surface area contributed by atoms with Crippen LogP contribution in [-0.2, 0) is 6.54 Å². The van der Waals surface area contributed by atoms with E-state index in [-0.39, 0.29) is 12.1 Å².